The van der Waals surface area contributed by atoms with Gasteiger partial charge in [-0.15, -0.1) is 0 Å². The predicted molar refractivity (Wildman–Crippen MR) is 74.0 cm³/mol. The molecule has 0 aliphatic carbocycles. The summed E-state index contributed by atoms with van der Waals surface area (Å²) in [5.41, 5.74) is -0.997. The van der Waals surface area contributed by atoms with Gasteiger partial charge in [-0.1, -0.05) is 23.2 Å². The summed E-state index contributed by atoms with van der Waals surface area (Å²) < 4.78 is 37.6. The van der Waals surface area contributed by atoms with Crippen LogP contribution in [0.2, 0.25) is 10.2 Å². The summed E-state index contributed by atoms with van der Waals surface area (Å²) in [5, 5.41) is 4.08. The molecule has 1 heterocycles. The van der Waals surface area contributed by atoms with Crippen LogP contribution in [0, 0.1) is 11.6 Å². The fourth-order valence-electron chi connectivity index (χ4n) is 1.46. The first-order valence-corrected chi connectivity index (χ1v) is 7.70. The normalized spacial score (nSPS) is 11.5. The van der Waals surface area contributed by atoms with Gasteiger partial charge in [-0.25, -0.2) is 13.3 Å². The largest absolute Gasteiger partial charge is 0.451 e. The van der Waals surface area contributed by atoms with Crippen LogP contribution in [0.15, 0.2) is 18.2 Å². The van der Waals surface area contributed by atoms with E-state index in [-0.39, 0.29) is 15.2 Å². The number of nitrogens with zero attached hydrogens (tertiary/aromatic N) is 2. The van der Waals surface area contributed by atoms with Gasteiger partial charge in [0.2, 0.25) is 0 Å². The molecule has 0 saturated heterocycles. The molecule has 0 atom stereocenters. The maximum Gasteiger partial charge on any atom is 0.451 e. The molecule has 0 aliphatic heterocycles. The molecule has 12 heteroatoms. The monoisotopic (exact) mass is 371 g/mol. The van der Waals surface area contributed by atoms with E-state index in [4.69, 9.17) is 33.0 Å². The second kappa shape index (κ2) is 5.94. The van der Waals surface area contributed by atoms with E-state index >= 15 is 0 Å². The van der Waals surface area contributed by atoms with E-state index in [1.165, 1.54) is 0 Å². The van der Waals surface area contributed by atoms with Gasteiger partial charge in [0.25, 0.3) is 5.91 Å². The molecule has 3 N–H and O–H groups in total. The lowest BCUT2D eigenvalue weighted by atomic mass is 10.3. The molecule has 0 fully saturated rings. The summed E-state index contributed by atoms with van der Waals surface area (Å²) in [6.07, 6.45) is 0. The fourth-order valence-corrected chi connectivity index (χ4v) is 2.62. The quantitative estimate of drug-likeness (QED) is 0.719. The minimum atomic E-state index is -5.02. The number of carbonyl (C=O) groups is 1. The van der Waals surface area contributed by atoms with Gasteiger partial charge in [0.1, 0.15) is 5.82 Å². The number of benzene rings is 1. The van der Waals surface area contributed by atoms with E-state index in [9.17, 15) is 18.1 Å². The second-order valence-electron chi connectivity index (χ2n) is 3.93. The van der Waals surface area contributed by atoms with Crippen molar-refractivity contribution >= 4 is 42.5 Å². The average molecular weight is 372 g/mol. The molecule has 0 saturated carbocycles. The summed E-state index contributed by atoms with van der Waals surface area (Å²) >= 11 is 11.1. The van der Waals surface area contributed by atoms with Gasteiger partial charge in [-0.2, -0.15) is 9.55 Å². The van der Waals surface area contributed by atoms with E-state index in [0.717, 1.165) is 18.2 Å². The van der Waals surface area contributed by atoms with Crippen molar-refractivity contribution in [2.45, 2.75) is 0 Å². The zero-order valence-corrected chi connectivity index (χ0v) is 12.7. The third-order valence-electron chi connectivity index (χ3n) is 2.40. The summed E-state index contributed by atoms with van der Waals surface area (Å²) in [5.74, 6) is -3.23. The number of rotatable bonds is 3. The number of carbonyl (C=O) groups excluding carboxylic acids is 1. The number of anilines is 1. The van der Waals surface area contributed by atoms with Gasteiger partial charge in [0.15, 0.2) is 16.7 Å². The number of halogens is 4. The van der Waals surface area contributed by atoms with Crippen LogP contribution in [0.25, 0.3) is 0 Å². The number of nitrogens with one attached hydrogen (secondary N) is 1. The fraction of sp³-hybridized carbons (Fsp3) is 0. The van der Waals surface area contributed by atoms with Crippen molar-refractivity contribution in [3.8, 4) is 0 Å². The number of amides is 1. The van der Waals surface area contributed by atoms with E-state index in [0.29, 0.717) is 0 Å². The lowest BCUT2D eigenvalue weighted by Crippen LogP contribution is -2.15. The van der Waals surface area contributed by atoms with Crippen LogP contribution >= 0.6 is 30.9 Å². The van der Waals surface area contributed by atoms with E-state index in [1.807, 2.05) is 0 Å². The first-order chi connectivity index (χ1) is 10.1. The molecule has 2 rings (SSSR count). The maximum absolute atomic E-state index is 13.8. The maximum atomic E-state index is 13.8. The minimum absolute atomic E-state index is 0.0469. The van der Waals surface area contributed by atoms with Crippen molar-refractivity contribution in [2.24, 2.45) is 0 Å². The third kappa shape index (κ3) is 3.29. The number of aromatic nitrogens is 2. The zero-order chi connectivity index (χ0) is 16.7. The Hall–Kier alpha value is -1.51. The highest BCUT2D eigenvalue weighted by Crippen LogP contribution is 2.40. The highest BCUT2D eigenvalue weighted by Gasteiger charge is 2.30. The standard InChI is InChI=1S/C10H6Cl2F2N3O4P/c11-5-3-4(13)1-2-6(5)15-10(18)8-7(14)9(12)17(16-8)22(19,20)21/h1-3H,(H,15,18)(H2,19,20,21). The van der Waals surface area contributed by atoms with Crippen LogP contribution in [0.5, 0.6) is 0 Å². The molecule has 22 heavy (non-hydrogen) atoms. The lowest BCUT2D eigenvalue weighted by Gasteiger charge is -2.05. The molecule has 0 spiro atoms. The minimum Gasteiger partial charge on any atom is -0.319 e. The van der Waals surface area contributed by atoms with Gasteiger partial charge in [0, 0.05) is 0 Å². The molecular weight excluding hydrogens is 366 g/mol. The van der Waals surface area contributed by atoms with Crippen LogP contribution < -0.4 is 5.32 Å². The van der Waals surface area contributed by atoms with Crippen molar-refractivity contribution in [3.05, 3.63) is 45.7 Å². The Bertz CT molecular complexity index is 808. The smallest absolute Gasteiger partial charge is 0.319 e. The zero-order valence-electron chi connectivity index (χ0n) is 10.3. The molecule has 1 aromatic carbocycles. The first-order valence-electron chi connectivity index (χ1n) is 5.38. The van der Waals surface area contributed by atoms with Crippen molar-refractivity contribution in [2.75, 3.05) is 5.32 Å². The molecule has 2 aromatic rings. The molecule has 1 aromatic heterocycles. The van der Waals surface area contributed by atoms with E-state index in [2.05, 4.69) is 10.4 Å². The summed E-state index contributed by atoms with van der Waals surface area (Å²) in [6, 6.07) is 3.03. The Labute approximate surface area is 131 Å². The molecule has 1 amide bonds. The molecule has 0 aliphatic rings. The molecule has 0 bridgehead atoms. The van der Waals surface area contributed by atoms with E-state index < -0.39 is 36.1 Å². The summed E-state index contributed by atoms with van der Waals surface area (Å²) in [6.45, 7) is 0. The van der Waals surface area contributed by atoms with Crippen molar-refractivity contribution in [3.63, 3.8) is 0 Å². The highest BCUT2D eigenvalue weighted by atomic mass is 35.5. The summed E-state index contributed by atoms with van der Waals surface area (Å²) in [4.78, 5) is 29.7. The van der Waals surface area contributed by atoms with Gasteiger partial charge >= 0.3 is 7.75 Å². The van der Waals surface area contributed by atoms with Crippen LogP contribution in [0.3, 0.4) is 0 Å². The third-order valence-corrected chi connectivity index (χ3v) is 3.94. The predicted octanol–water partition coefficient (Wildman–Crippen LogP) is 2.66. The van der Waals surface area contributed by atoms with E-state index in [1.54, 1.807) is 0 Å². The molecule has 7 nitrogen and oxygen atoms in total. The lowest BCUT2D eigenvalue weighted by molar-refractivity contribution is 0.101. The molecule has 0 unspecified atom stereocenters. The Kier molecular flexibility index (Phi) is 4.55. The van der Waals surface area contributed by atoms with Crippen LogP contribution in [0.1, 0.15) is 10.5 Å². The second-order valence-corrected chi connectivity index (χ2v) is 6.11. The van der Waals surface area contributed by atoms with Crippen LogP contribution in [0.4, 0.5) is 14.5 Å². The number of hydrogen-bond donors (Lipinski definition) is 3. The van der Waals surface area contributed by atoms with Gasteiger partial charge in [0.05, 0.1) is 10.7 Å². The SMILES string of the molecule is O=C(Nc1ccc(F)cc1Cl)c1nn(P(=O)(O)O)c(Cl)c1F. The first kappa shape index (κ1) is 16.9. The van der Waals surface area contributed by atoms with Crippen LogP contribution in [-0.4, -0.2) is 25.2 Å². The average Bonchev–Trinajstić information content (AvgIpc) is 2.69. The topological polar surface area (TPSA) is 104 Å². The Morgan fingerprint density at radius 2 is 1.95 bits per heavy atom. The Balaban J connectivity index is 2.36. The van der Waals surface area contributed by atoms with Gasteiger partial charge < -0.3 is 15.1 Å². The Morgan fingerprint density at radius 3 is 2.45 bits per heavy atom. The van der Waals surface area contributed by atoms with Crippen molar-refractivity contribution in [1.29, 1.82) is 0 Å². The Morgan fingerprint density at radius 1 is 1.32 bits per heavy atom. The molecule has 118 valence electrons. The van der Waals surface area contributed by atoms with Gasteiger partial charge in [-0.05, 0) is 18.2 Å². The highest BCUT2D eigenvalue weighted by molar-refractivity contribution is 7.50. The van der Waals surface area contributed by atoms with Crippen molar-refractivity contribution < 1.29 is 27.9 Å². The van der Waals surface area contributed by atoms with Gasteiger partial charge in [-0.3, -0.25) is 4.79 Å². The summed E-state index contributed by atoms with van der Waals surface area (Å²) in [7, 11) is -5.02. The van der Waals surface area contributed by atoms with Crippen molar-refractivity contribution in [1.82, 2.24) is 9.55 Å². The number of hydrogen-bond acceptors (Lipinski definition) is 3. The molecular formula is C10H6Cl2F2N3O4P. The van der Waals surface area contributed by atoms with Crippen LogP contribution in [-0.2, 0) is 4.57 Å². The molecule has 0 radical (unpaired) electrons.